The molecule has 0 bridgehead atoms. The van der Waals surface area contributed by atoms with E-state index >= 15 is 0 Å². The second-order valence-electron chi connectivity index (χ2n) is 4.74. The molecule has 102 valence electrons. The van der Waals surface area contributed by atoms with Crippen LogP contribution in [0.25, 0.3) is 10.9 Å². The van der Waals surface area contributed by atoms with E-state index < -0.39 is 0 Å². The average molecular weight is 282 g/mol. The smallest absolute Gasteiger partial charge is 0.265 e. The number of nitro benzene ring substituents is 1. The summed E-state index contributed by atoms with van der Waals surface area (Å²) < 4.78 is 1.83. The van der Waals surface area contributed by atoms with Crippen molar-refractivity contribution in [1.29, 1.82) is 0 Å². The zero-order valence-corrected chi connectivity index (χ0v) is 11.5. The van der Waals surface area contributed by atoms with Crippen molar-refractivity contribution in [3.63, 3.8) is 0 Å². The van der Waals surface area contributed by atoms with Crippen molar-refractivity contribution in [3.05, 3.63) is 34.5 Å². The van der Waals surface area contributed by atoms with Gasteiger partial charge in [-0.3, -0.25) is 14.8 Å². The molecule has 19 heavy (non-hydrogen) atoms. The molecule has 0 saturated heterocycles. The van der Waals surface area contributed by atoms with E-state index in [-0.39, 0.29) is 10.6 Å². The highest BCUT2D eigenvalue weighted by Crippen LogP contribution is 2.21. The van der Waals surface area contributed by atoms with Crippen LogP contribution in [0.2, 0.25) is 0 Å². The maximum absolute atomic E-state index is 10.8. The Morgan fingerprint density at radius 3 is 2.95 bits per heavy atom. The molecule has 0 amide bonds. The number of nitro groups is 1. The van der Waals surface area contributed by atoms with Crippen LogP contribution >= 0.6 is 11.6 Å². The maximum atomic E-state index is 10.8. The molecular weight excluding hydrogens is 266 g/mol. The van der Waals surface area contributed by atoms with E-state index in [1.165, 1.54) is 6.07 Å². The maximum Gasteiger partial charge on any atom is 0.271 e. The second-order valence-corrected chi connectivity index (χ2v) is 5.12. The molecule has 0 fully saturated rings. The molecule has 0 saturated carbocycles. The standard InChI is InChI=1S/C13H16ClN3O2/c1-10(4-6-14)5-7-16-13-8-12(17(18)19)3-2-11(13)9-15-16/h2-3,8-10H,4-7H2,1H3. The van der Waals surface area contributed by atoms with Crippen LogP contribution in [0.15, 0.2) is 24.4 Å². The Balaban J connectivity index is 2.18. The second kappa shape index (κ2) is 6.02. The van der Waals surface area contributed by atoms with Gasteiger partial charge < -0.3 is 0 Å². The number of alkyl halides is 1. The summed E-state index contributed by atoms with van der Waals surface area (Å²) in [6.07, 6.45) is 3.68. The van der Waals surface area contributed by atoms with Gasteiger partial charge in [0.25, 0.3) is 5.69 Å². The van der Waals surface area contributed by atoms with E-state index in [9.17, 15) is 10.1 Å². The van der Waals surface area contributed by atoms with Gasteiger partial charge in [0.1, 0.15) is 0 Å². The summed E-state index contributed by atoms with van der Waals surface area (Å²) in [5.74, 6) is 1.18. The van der Waals surface area contributed by atoms with Gasteiger partial charge in [-0.05, 0) is 24.8 Å². The minimum atomic E-state index is -0.382. The molecule has 0 aliphatic heterocycles. The van der Waals surface area contributed by atoms with E-state index in [2.05, 4.69) is 12.0 Å². The van der Waals surface area contributed by atoms with Gasteiger partial charge in [-0.1, -0.05) is 6.92 Å². The Hall–Kier alpha value is -1.62. The van der Waals surface area contributed by atoms with Crippen LogP contribution in [-0.2, 0) is 6.54 Å². The molecule has 0 aliphatic carbocycles. The van der Waals surface area contributed by atoms with Crippen molar-refractivity contribution < 1.29 is 4.92 Å². The quantitative estimate of drug-likeness (QED) is 0.462. The highest BCUT2D eigenvalue weighted by molar-refractivity contribution is 6.17. The molecular formula is C13H16ClN3O2. The van der Waals surface area contributed by atoms with Crippen molar-refractivity contribution in [2.24, 2.45) is 5.92 Å². The van der Waals surface area contributed by atoms with Gasteiger partial charge in [0.2, 0.25) is 0 Å². The predicted octanol–water partition coefficient (Wildman–Crippen LogP) is 3.60. The number of non-ortho nitro benzene ring substituents is 1. The van der Waals surface area contributed by atoms with E-state index in [0.717, 1.165) is 30.3 Å². The third-order valence-corrected chi connectivity index (χ3v) is 3.49. The molecule has 1 aromatic heterocycles. The number of aryl methyl sites for hydroxylation is 1. The van der Waals surface area contributed by atoms with Gasteiger partial charge >= 0.3 is 0 Å². The summed E-state index contributed by atoms with van der Waals surface area (Å²) in [6.45, 7) is 2.90. The van der Waals surface area contributed by atoms with Crippen molar-refractivity contribution in [2.45, 2.75) is 26.3 Å². The van der Waals surface area contributed by atoms with Gasteiger partial charge in [-0.15, -0.1) is 11.6 Å². The molecule has 2 aromatic rings. The van der Waals surface area contributed by atoms with Gasteiger partial charge in [0.15, 0.2) is 0 Å². The number of halogens is 1. The number of fused-ring (bicyclic) bond motifs is 1. The normalized spacial score (nSPS) is 12.7. The summed E-state index contributed by atoms with van der Waals surface area (Å²) in [4.78, 5) is 10.4. The van der Waals surface area contributed by atoms with Gasteiger partial charge in [0, 0.05) is 29.9 Å². The van der Waals surface area contributed by atoms with Gasteiger partial charge in [0.05, 0.1) is 16.6 Å². The minimum absolute atomic E-state index is 0.100. The van der Waals surface area contributed by atoms with Crippen LogP contribution in [0.4, 0.5) is 5.69 Å². The van der Waals surface area contributed by atoms with E-state index in [4.69, 9.17) is 11.6 Å². The number of nitrogens with zero attached hydrogens (tertiary/aromatic N) is 3. The fourth-order valence-electron chi connectivity index (χ4n) is 2.02. The monoisotopic (exact) mass is 281 g/mol. The van der Waals surface area contributed by atoms with Crippen LogP contribution in [0.1, 0.15) is 19.8 Å². The van der Waals surface area contributed by atoms with Crippen molar-refractivity contribution in [2.75, 3.05) is 5.88 Å². The van der Waals surface area contributed by atoms with Crippen LogP contribution in [0, 0.1) is 16.0 Å². The van der Waals surface area contributed by atoms with Crippen molar-refractivity contribution >= 4 is 28.2 Å². The first-order valence-electron chi connectivity index (χ1n) is 6.27. The lowest BCUT2D eigenvalue weighted by atomic mass is 10.1. The third-order valence-electron chi connectivity index (χ3n) is 3.27. The number of hydrogen-bond acceptors (Lipinski definition) is 3. The molecule has 0 aliphatic rings. The highest BCUT2D eigenvalue weighted by atomic mass is 35.5. The first-order valence-corrected chi connectivity index (χ1v) is 6.81. The molecule has 5 nitrogen and oxygen atoms in total. The number of aromatic nitrogens is 2. The first kappa shape index (κ1) is 13.8. The molecule has 6 heteroatoms. The average Bonchev–Trinajstić information content (AvgIpc) is 2.79. The Bertz CT molecular complexity index is 582. The summed E-state index contributed by atoms with van der Waals surface area (Å²) in [7, 11) is 0. The van der Waals surface area contributed by atoms with Crippen LogP contribution < -0.4 is 0 Å². The van der Waals surface area contributed by atoms with Crippen LogP contribution in [0.3, 0.4) is 0 Å². The molecule has 1 unspecified atom stereocenters. The lowest BCUT2D eigenvalue weighted by Crippen LogP contribution is -2.05. The lowest BCUT2D eigenvalue weighted by Gasteiger charge is -2.09. The third kappa shape index (κ3) is 3.23. The Kier molecular flexibility index (Phi) is 4.37. The topological polar surface area (TPSA) is 61.0 Å². The highest BCUT2D eigenvalue weighted by Gasteiger charge is 2.10. The number of rotatable bonds is 6. The van der Waals surface area contributed by atoms with E-state index in [1.807, 2.05) is 4.68 Å². The summed E-state index contributed by atoms with van der Waals surface area (Å²) in [5.41, 5.74) is 0.912. The summed E-state index contributed by atoms with van der Waals surface area (Å²) in [5, 5.41) is 16.0. The number of benzene rings is 1. The van der Waals surface area contributed by atoms with Crippen molar-refractivity contribution in [3.8, 4) is 0 Å². The summed E-state index contributed by atoms with van der Waals surface area (Å²) in [6, 6.07) is 4.82. The van der Waals surface area contributed by atoms with Crippen LogP contribution in [0.5, 0.6) is 0 Å². The van der Waals surface area contributed by atoms with Gasteiger partial charge in [-0.2, -0.15) is 5.10 Å². The fourth-order valence-corrected chi connectivity index (χ4v) is 2.40. The molecule has 1 heterocycles. The first-order chi connectivity index (χ1) is 9.11. The fraction of sp³-hybridized carbons (Fsp3) is 0.462. The zero-order chi connectivity index (χ0) is 13.8. The Morgan fingerprint density at radius 1 is 1.47 bits per heavy atom. The molecule has 2 rings (SSSR count). The lowest BCUT2D eigenvalue weighted by molar-refractivity contribution is -0.384. The predicted molar refractivity (Wildman–Crippen MR) is 75.5 cm³/mol. The molecule has 0 radical (unpaired) electrons. The van der Waals surface area contributed by atoms with Crippen molar-refractivity contribution in [1.82, 2.24) is 9.78 Å². The SMILES string of the molecule is CC(CCCl)CCn1ncc2ccc([N+](=O)[O-])cc21. The van der Waals surface area contributed by atoms with E-state index in [1.54, 1.807) is 18.3 Å². The van der Waals surface area contributed by atoms with E-state index in [0.29, 0.717) is 11.8 Å². The Morgan fingerprint density at radius 2 is 2.26 bits per heavy atom. The number of hydrogen-bond donors (Lipinski definition) is 0. The zero-order valence-electron chi connectivity index (χ0n) is 10.8. The minimum Gasteiger partial charge on any atom is -0.265 e. The molecule has 1 aromatic carbocycles. The molecule has 0 N–H and O–H groups in total. The summed E-state index contributed by atoms with van der Waals surface area (Å²) >= 11 is 5.71. The molecule has 1 atom stereocenters. The molecule has 0 spiro atoms. The van der Waals surface area contributed by atoms with Crippen LogP contribution in [-0.4, -0.2) is 20.6 Å². The van der Waals surface area contributed by atoms with Gasteiger partial charge in [-0.25, -0.2) is 0 Å². The Labute approximate surface area is 116 Å². The largest absolute Gasteiger partial charge is 0.271 e.